The minimum absolute atomic E-state index is 0.171. The summed E-state index contributed by atoms with van der Waals surface area (Å²) in [6, 6.07) is 7.43. The van der Waals surface area contributed by atoms with Crippen molar-refractivity contribution in [3.05, 3.63) is 75.5 Å². The highest BCUT2D eigenvalue weighted by molar-refractivity contribution is 5.96. The number of halogens is 1. The summed E-state index contributed by atoms with van der Waals surface area (Å²) in [5.74, 6) is -2.34. The zero-order chi connectivity index (χ0) is 23.0. The van der Waals surface area contributed by atoms with Gasteiger partial charge >= 0.3 is 0 Å². The summed E-state index contributed by atoms with van der Waals surface area (Å²) in [6.07, 6.45) is 3.50. The first kappa shape index (κ1) is 22.0. The number of aliphatic hydroxyl groups excluding tert-OH is 1. The Morgan fingerprint density at radius 2 is 1.94 bits per heavy atom. The number of aromatic nitrogens is 1. The summed E-state index contributed by atoms with van der Waals surface area (Å²) in [4.78, 5) is 41.3. The van der Waals surface area contributed by atoms with Crippen LogP contribution in [0.3, 0.4) is 0 Å². The molecule has 2 N–H and O–H groups in total. The summed E-state index contributed by atoms with van der Waals surface area (Å²) >= 11 is 0. The van der Waals surface area contributed by atoms with Crippen LogP contribution in [-0.4, -0.2) is 45.6 Å². The van der Waals surface area contributed by atoms with Crippen molar-refractivity contribution in [3.63, 3.8) is 0 Å². The minimum Gasteiger partial charge on any atom is -0.396 e. The average molecular weight is 439 g/mol. The van der Waals surface area contributed by atoms with E-state index in [4.69, 9.17) is 0 Å². The topological polar surface area (TPSA) is 91.6 Å². The Kier molecular flexibility index (Phi) is 5.97. The first-order chi connectivity index (χ1) is 15.4. The van der Waals surface area contributed by atoms with Crippen molar-refractivity contribution in [1.29, 1.82) is 0 Å². The van der Waals surface area contributed by atoms with Crippen molar-refractivity contribution in [2.45, 2.75) is 32.5 Å². The molecular weight excluding hydrogens is 413 g/mol. The van der Waals surface area contributed by atoms with Gasteiger partial charge in [0.2, 0.25) is 5.91 Å². The number of pyridine rings is 1. The molecule has 1 fully saturated rings. The van der Waals surface area contributed by atoms with E-state index in [1.54, 1.807) is 40.7 Å². The van der Waals surface area contributed by atoms with E-state index in [-0.39, 0.29) is 36.1 Å². The predicted molar refractivity (Wildman–Crippen MR) is 117 cm³/mol. The average Bonchev–Trinajstić information content (AvgIpc) is 3.02. The second-order valence-electron chi connectivity index (χ2n) is 8.13. The number of rotatable bonds is 5. The summed E-state index contributed by atoms with van der Waals surface area (Å²) in [6.45, 7) is 3.90. The molecule has 0 unspecified atom stereocenters. The first-order valence-corrected chi connectivity index (χ1v) is 10.8. The van der Waals surface area contributed by atoms with Gasteiger partial charge in [-0.05, 0) is 50.2 Å². The van der Waals surface area contributed by atoms with Crippen molar-refractivity contribution < 1.29 is 19.1 Å². The van der Waals surface area contributed by atoms with E-state index in [1.807, 2.05) is 6.92 Å². The van der Waals surface area contributed by atoms with Gasteiger partial charge in [-0.15, -0.1) is 0 Å². The second-order valence-corrected chi connectivity index (χ2v) is 8.13. The third-order valence-electron chi connectivity index (χ3n) is 6.40. The number of benzene rings is 1. The predicted octanol–water partition coefficient (Wildman–Crippen LogP) is 1.96. The van der Waals surface area contributed by atoms with Crippen molar-refractivity contribution in [2.24, 2.45) is 11.8 Å². The Hall–Kier alpha value is -3.26. The number of nitrogens with one attached hydrogen (secondary N) is 1. The standard InChI is InChI=1S/C24H26FN3O4/c1-3-5-14-8-11-18-21-20(22(30)26-4-2)17(13-29)19(12-27(18)23(14)31)28(21)24(32)15-6-9-16(25)10-7-15/h3,5-11,17,19-21,29H,4,12-13H2,1-2H3,(H,26,30)/b5-3+/t17-,19-,20+,21+/m0/s1. The molecule has 2 aliphatic heterocycles. The SMILES string of the molecule is C/C=C/c1ccc2n(c1=O)C[C@H]1[C@H](CO)[C@@H](C(=O)NCC)[C@@H]2N1C(=O)c1ccc(F)cc1. The van der Waals surface area contributed by atoms with E-state index >= 15 is 0 Å². The first-order valence-electron chi connectivity index (χ1n) is 10.8. The number of hydrogen-bond acceptors (Lipinski definition) is 4. The van der Waals surface area contributed by atoms with Crippen LogP contribution in [0.15, 0.2) is 47.3 Å². The van der Waals surface area contributed by atoms with Crippen molar-refractivity contribution in [3.8, 4) is 0 Å². The molecule has 7 nitrogen and oxygen atoms in total. The van der Waals surface area contributed by atoms with Crippen LogP contribution in [0.25, 0.3) is 6.08 Å². The highest BCUT2D eigenvalue weighted by Crippen LogP contribution is 2.48. The van der Waals surface area contributed by atoms with Gasteiger partial charge in [0, 0.05) is 42.4 Å². The van der Waals surface area contributed by atoms with Crippen LogP contribution in [0.5, 0.6) is 0 Å². The molecule has 3 heterocycles. The Morgan fingerprint density at radius 3 is 2.56 bits per heavy atom. The minimum atomic E-state index is -0.720. The zero-order valence-electron chi connectivity index (χ0n) is 18.0. The monoisotopic (exact) mass is 439 g/mol. The van der Waals surface area contributed by atoms with E-state index in [0.29, 0.717) is 17.8 Å². The van der Waals surface area contributed by atoms with Crippen molar-refractivity contribution >= 4 is 17.9 Å². The van der Waals surface area contributed by atoms with Gasteiger partial charge in [0.05, 0.1) is 18.0 Å². The van der Waals surface area contributed by atoms with Gasteiger partial charge in [0.25, 0.3) is 11.5 Å². The molecule has 1 saturated heterocycles. The third-order valence-corrected chi connectivity index (χ3v) is 6.40. The van der Waals surface area contributed by atoms with Gasteiger partial charge in [0.1, 0.15) is 5.82 Å². The quantitative estimate of drug-likeness (QED) is 0.745. The highest BCUT2D eigenvalue weighted by Gasteiger charge is 2.57. The fourth-order valence-electron chi connectivity index (χ4n) is 5.04. The fourth-order valence-corrected chi connectivity index (χ4v) is 5.04. The number of amides is 2. The van der Waals surface area contributed by atoms with E-state index < -0.39 is 29.7 Å². The van der Waals surface area contributed by atoms with E-state index in [2.05, 4.69) is 5.32 Å². The lowest BCUT2D eigenvalue weighted by Crippen LogP contribution is -2.49. The van der Waals surface area contributed by atoms with E-state index in [9.17, 15) is 23.9 Å². The van der Waals surface area contributed by atoms with Gasteiger partial charge in [-0.1, -0.05) is 12.2 Å². The molecule has 4 rings (SSSR count). The molecule has 2 bridgehead atoms. The molecule has 4 atom stereocenters. The summed E-state index contributed by atoms with van der Waals surface area (Å²) in [5, 5.41) is 13.0. The van der Waals surface area contributed by atoms with E-state index in [1.165, 1.54) is 24.3 Å². The Balaban J connectivity index is 1.88. The van der Waals surface area contributed by atoms with Gasteiger partial charge in [-0.3, -0.25) is 14.4 Å². The van der Waals surface area contributed by atoms with Crippen molar-refractivity contribution in [2.75, 3.05) is 13.2 Å². The summed E-state index contributed by atoms with van der Waals surface area (Å²) in [7, 11) is 0. The molecule has 0 aliphatic carbocycles. The fraction of sp³-hybridized carbons (Fsp3) is 0.375. The van der Waals surface area contributed by atoms with Crippen molar-refractivity contribution in [1.82, 2.24) is 14.8 Å². The van der Waals surface area contributed by atoms with Gasteiger partial charge in [0.15, 0.2) is 0 Å². The van der Waals surface area contributed by atoms with Crippen LogP contribution < -0.4 is 10.9 Å². The number of aliphatic hydroxyl groups is 1. The Labute approximate surface area is 185 Å². The van der Waals surface area contributed by atoms with Crippen LogP contribution >= 0.6 is 0 Å². The lowest BCUT2D eigenvalue weighted by Gasteiger charge is -2.38. The molecule has 2 aliphatic rings. The highest BCUT2D eigenvalue weighted by atomic mass is 19.1. The second kappa shape index (κ2) is 8.70. The number of nitrogens with zero attached hydrogens (tertiary/aromatic N) is 2. The molecule has 1 aromatic heterocycles. The van der Waals surface area contributed by atoms with E-state index in [0.717, 1.165) is 0 Å². The number of carbonyl (C=O) groups is 2. The maximum atomic E-state index is 13.5. The summed E-state index contributed by atoms with van der Waals surface area (Å²) < 4.78 is 15.0. The van der Waals surface area contributed by atoms with Crippen LogP contribution in [-0.2, 0) is 11.3 Å². The maximum absolute atomic E-state index is 13.5. The van der Waals surface area contributed by atoms with Crippen LogP contribution in [0.4, 0.5) is 4.39 Å². The maximum Gasteiger partial charge on any atom is 0.258 e. The number of allylic oxidation sites excluding steroid dienone is 1. The third kappa shape index (κ3) is 3.44. The van der Waals surface area contributed by atoms with Crippen LogP contribution in [0.1, 0.15) is 41.5 Å². The molecule has 32 heavy (non-hydrogen) atoms. The number of hydrogen-bond donors (Lipinski definition) is 2. The van der Waals surface area contributed by atoms with Gasteiger partial charge in [-0.2, -0.15) is 0 Å². The number of carbonyl (C=O) groups excluding carboxylic acids is 2. The smallest absolute Gasteiger partial charge is 0.258 e. The molecular formula is C24H26FN3O4. The molecule has 8 heteroatoms. The molecule has 0 saturated carbocycles. The largest absolute Gasteiger partial charge is 0.396 e. The Morgan fingerprint density at radius 1 is 1.22 bits per heavy atom. The summed E-state index contributed by atoms with van der Waals surface area (Å²) in [5.41, 5.74) is 1.17. The van der Waals surface area contributed by atoms with Crippen LogP contribution in [0, 0.1) is 17.7 Å². The molecule has 2 amide bonds. The zero-order valence-corrected chi connectivity index (χ0v) is 18.0. The lowest BCUT2D eigenvalue weighted by molar-refractivity contribution is -0.127. The normalized spacial score (nSPS) is 23.9. The lowest BCUT2D eigenvalue weighted by atomic mass is 9.86. The molecule has 168 valence electrons. The van der Waals surface area contributed by atoms with Crippen LogP contribution in [0.2, 0.25) is 0 Å². The molecule has 0 radical (unpaired) electrons. The molecule has 1 aromatic carbocycles. The number of fused-ring (bicyclic) bond motifs is 4. The molecule has 0 spiro atoms. The Bertz CT molecular complexity index is 1130. The van der Waals surface area contributed by atoms with Gasteiger partial charge < -0.3 is 19.9 Å². The molecule has 2 aromatic rings. The van der Waals surface area contributed by atoms with Gasteiger partial charge in [-0.25, -0.2) is 4.39 Å².